The number of halogens is 1. The van der Waals surface area contributed by atoms with Gasteiger partial charge >= 0.3 is 0 Å². The number of nitrogens with two attached hydrogens (primary N) is 1. The highest BCUT2D eigenvalue weighted by molar-refractivity contribution is 9.10. The molecule has 0 saturated carbocycles. The Morgan fingerprint density at radius 3 is 3.17 bits per heavy atom. The zero-order valence-electron chi connectivity index (χ0n) is 10.3. The third-order valence-electron chi connectivity index (χ3n) is 3.33. The fraction of sp³-hybridized carbons (Fsp3) is 0.500. The molecule has 1 aliphatic rings. The number of amides is 1. The molecule has 0 spiro atoms. The summed E-state index contributed by atoms with van der Waals surface area (Å²) in [6.07, 6.45) is 4.75. The summed E-state index contributed by atoms with van der Waals surface area (Å²) in [6.45, 7) is 2.92. The maximum absolute atomic E-state index is 12.5. The highest BCUT2D eigenvalue weighted by Crippen LogP contribution is 2.25. The van der Waals surface area contributed by atoms with Crippen molar-refractivity contribution >= 4 is 27.7 Å². The van der Waals surface area contributed by atoms with E-state index in [1.165, 1.54) is 0 Å². The van der Waals surface area contributed by atoms with Crippen LogP contribution in [0.25, 0.3) is 0 Å². The van der Waals surface area contributed by atoms with E-state index in [1.807, 2.05) is 4.90 Å². The van der Waals surface area contributed by atoms with E-state index in [1.54, 1.807) is 12.3 Å². The van der Waals surface area contributed by atoms with Crippen LogP contribution in [0.1, 0.15) is 36.5 Å². The Morgan fingerprint density at radius 2 is 2.50 bits per heavy atom. The normalized spacial score (nSPS) is 19.1. The molecule has 2 heterocycles. The van der Waals surface area contributed by atoms with Gasteiger partial charge in [0.05, 0.1) is 5.56 Å². The fourth-order valence-electron chi connectivity index (χ4n) is 2.40. The fourth-order valence-corrected chi connectivity index (χ4v) is 2.73. The van der Waals surface area contributed by atoms with Crippen molar-refractivity contribution in [3.05, 3.63) is 22.3 Å². The second-order valence-electron chi connectivity index (χ2n) is 4.40. The molecule has 0 radical (unpaired) electrons. The Bertz CT molecular complexity index is 452. The summed E-state index contributed by atoms with van der Waals surface area (Å²) < 4.78 is 0.775. The van der Waals surface area contributed by atoms with E-state index >= 15 is 0 Å². The van der Waals surface area contributed by atoms with Crippen LogP contribution in [-0.2, 0) is 0 Å². The van der Waals surface area contributed by atoms with Crippen molar-refractivity contribution in [2.75, 3.05) is 12.0 Å². The highest BCUT2D eigenvalue weighted by atomic mass is 79.9. The minimum Gasteiger partial charge on any atom is -0.336 e. The lowest BCUT2D eigenvalue weighted by Gasteiger charge is -2.24. The number of nitrogens with zero attached hydrogens (tertiary/aromatic N) is 2. The van der Waals surface area contributed by atoms with Crippen molar-refractivity contribution in [2.45, 2.75) is 32.2 Å². The lowest BCUT2D eigenvalue weighted by atomic mass is 10.1. The van der Waals surface area contributed by atoms with E-state index in [4.69, 9.17) is 5.84 Å². The monoisotopic (exact) mass is 312 g/mol. The summed E-state index contributed by atoms with van der Waals surface area (Å²) in [6, 6.07) is 2.09. The van der Waals surface area contributed by atoms with Crippen LogP contribution >= 0.6 is 15.9 Å². The molecule has 1 aromatic rings. The average Bonchev–Trinajstić information content (AvgIpc) is 2.86. The van der Waals surface area contributed by atoms with Gasteiger partial charge in [-0.25, -0.2) is 10.8 Å². The minimum absolute atomic E-state index is 0.00102. The van der Waals surface area contributed by atoms with Gasteiger partial charge in [0.1, 0.15) is 0 Å². The Morgan fingerprint density at radius 1 is 1.72 bits per heavy atom. The summed E-state index contributed by atoms with van der Waals surface area (Å²) in [5.41, 5.74) is 3.00. The van der Waals surface area contributed by atoms with Crippen molar-refractivity contribution in [3.8, 4) is 0 Å². The number of carbonyl (C=O) groups excluding carboxylic acids is 1. The van der Waals surface area contributed by atoms with Gasteiger partial charge in [0.2, 0.25) is 0 Å². The molecule has 1 fully saturated rings. The van der Waals surface area contributed by atoms with Gasteiger partial charge < -0.3 is 10.3 Å². The van der Waals surface area contributed by atoms with Crippen molar-refractivity contribution < 1.29 is 4.79 Å². The highest BCUT2D eigenvalue weighted by Gasteiger charge is 2.29. The summed E-state index contributed by atoms with van der Waals surface area (Å²) in [5.74, 6) is 5.83. The third kappa shape index (κ3) is 2.49. The molecule has 1 saturated heterocycles. The number of carbonyl (C=O) groups is 1. The zero-order chi connectivity index (χ0) is 13.1. The van der Waals surface area contributed by atoms with Crippen molar-refractivity contribution in [2.24, 2.45) is 5.84 Å². The van der Waals surface area contributed by atoms with E-state index in [9.17, 15) is 4.79 Å². The summed E-state index contributed by atoms with van der Waals surface area (Å²) in [7, 11) is 0. The van der Waals surface area contributed by atoms with Crippen LogP contribution in [0, 0.1) is 0 Å². The van der Waals surface area contributed by atoms with Crippen molar-refractivity contribution in [1.82, 2.24) is 9.88 Å². The molecule has 98 valence electrons. The molecule has 1 aromatic heterocycles. The lowest BCUT2D eigenvalue weighted by Crippen LogP contribution is -2.35. The van der Waals surface area contributed by atoms with Gasteiger partial charge in [-0.3, -0.25) is 4.79 Å². The maximum atomic E-state index is 12.5. The molecule has 1 aliphatic heterocycles. The first kappa shape index (κ1) is 13.3. The molecular formula is C12H17BrN4O. The van der Waals surface area contributed by atoms with Gasteiger partial charge in [-0.15, -0.1) is 0 Å². The van der Waals surface area contributed by atoms with Gasteiger partial charge in [0.25, 0.3) is 5.91 Å². The van der Waals surface area contributed by atoms with Gasteiger partial charge in [-0.2, -0.15) is 0 Å². The van der Waals surface area contributed by atoms with Crippen LogP contribution in [0.3, 0.4) is 0 Å². The van der Waals surface area contributed by atoms with Gasteiger partial charge in [-0.1, -0.05) is 6.92 Å². The molecule has 2 rings (SSSR count). The van der Waals surface area contributed by atoms with Gasteiger partial charge in [0, 0.05) is 23.3 Å². The molecule has 3 N–H and O–H groups in total. The number of aromatic nitrogens is 1. The number of anilines is 1. The van der Waals surface area contributed by atoms with E-state index in [-0.39, 0.29) is 5.91 Å². The molecule has 1 amide bonds. The Balaban J connectivity index is 2.30. The van der Waals surface area contributed by atoms with Crippen molar-refractivity contribution in [3.63, 3.8) is 0 Å². The van der Waals surface area contributed by atoms with E-state index in [0.717, 1.165) is 30.3 Å². The zero-order valence-corrected chi connectivity index (χ0v) is 11.9. The first-order valence-corrected chi connectivity index (χ1v) is 6.89. The van der Waals surface area contributed by atoms with Crippen LogP contribution in [0.15, 0.2) is 16.7 Å². The third-order valence-corrected chi connectivity index (χ3v) is 3.76. The van der Waals surface area contributed by atoms with Crippen LogP contribution in [0.4, 0.5) is 5.82 Å². The topological polar surface area (TPSA) is 71.2 Å². The van der Waals surface area contributed by atoms with E-state index < -0.39 is 0 Å². The number of hydrogen-bond acceptors (Lipinski definition) is 4. The molecular weight excluding hydrogens is 296 g/mol. The number of nitrogen functional groups attached to an aromatic ring is 1. The molecule has 0 aliphatic carbocycles. The maximum Gasteiger partial charge on any atom is 0.257 e. The summed E-state index contributed by atoms with van der Waals surface area (Å²) in [4.78, 5) is 18.5. The first-order valence-electron chi connectivity index (χ1n) is 6.10. The molecule has 6 heteroatoms. The number of pyridine rings is 1. The second kappa shape index (κ2) is 5.67. The summed E-state index contributed by atoms with van der Waals surface area (Å²) >= 11 is 3.33. The van der Waals surface area contributed by atoms with E-state index in [2.05, 4.69) is 33.3 Å². The number of hydrogen-bond donors (Lipinski definition) is 2. The number of rotatable bonds is 3. The Labute approximate surface area is 115 Å². The molecule has 0 bridgehead atoms. The molecule has 1 atom stereocenters. The number of hydrazine groups is 1. The van der Waals surface area contributed by atoms with Crippen LogP contribution in [0.5, 0.6) is 0 Å². The standard InChI is InChI=1S/C12H17BrN4O/c1-2-9-4-3-5-17(9)12(18)10-6-8(13)7-15-11(10)16-14/h6-7,9H,2-5,14H2,1H3,(H,15,16). The largest absolute Gasteiger partial charge is 0.336 e. The van der Waals surface area contributed by atoms with Gasteiger partial charge in [-0.05, 0) is 41.3 Å². The van der Waals surface area contributed by atoms with Crippen LogP contribution in [0.2, 0.25) is 0 Å². The predicted molar refractivity (Wildman–Crippen MR) is 74.1 cm³/mol. The van der Waals surface area contributed by atoms with Crippen molar-refractivity contribution in [1.29, 1.82) is 0 Å². The smallest absolute Gasteiger partial charge is 0.257 e. The Kier molecular flexibility index (Phi) is 4.19. The van der Waals surface area contributed by atoms with Gasteiger partial charge in [0.15, 0.2) is 5.82 Å². The molecule has 1 unspecified atom stereocenters. The van der Waals surface area contributed by atoms with E-state index in [0.29, 0.717) is 17.4 Å². The summed E-state index contributed by atoms with van der Waals surface area (Å²) in [5, 5.41) is 0. The second-order valence-corrected chi connectivity index (χ2v) is 5.31. The quantitative estimate of drug-likeness (QED) is 0.662. The Hall–Kier alpha value is -1.14. The number of nitrogens with one attached hydrogen (secondary N) is 1. The molecule has 0 aromatic carbocycles. The van der Waals surface area contributed by atoms with Crippen LogP contribution < -0.4 is 11.3 Å². The average molecular weight is 313 g/mol. The first-order chi connectivity index (χ1) is 8.67. The molecule has 18 heavy (non-hydrogen) atoms. The molecule has 5 nitrogen and oxygen atoms in total. The number of likely N-dealkylation sites (tertiary alicyclic amines) is 1. The van der Waals surface area contributed by atoms with Crippen LogP contribution in [-0.4, -0.2) is 28.4 Å². The predicted octanol–water partition coefficient (Wildman–Crippen LogP) is 2.14. The minimum atomic E-state index is 0.00102. The SMILES string of the molecule is CCC1CCCN1C(=O)c1cc(Br)cnc1NN. The lowest BCUT2D eigenvalue weighted by molar-refractivity contribution is 0.0734.